The van der Waals surface area contributed by atoms with Crippen LogP contribution in [0.25, 0.3) is 0 Å². The highest BCUT2D eigenvalue weighted by atomic mass is 28.2. The molecule has 0 amide bonds. The molecular formula is C13H22OSi. The van der Waals surface area contributed by atoms with Gasteiger partial charge < -0.3 is 4.43 Å². The van der Waals surface area contributed by atoms with Gasteiger partial charge >= 0.3 is 0 Å². The molecule has 0 fully saturated rings. The van der Waals surface area contributed by atoms with E-state index in [0.717, 1.165) is 16.2 Å². The van der Waals surface area contributed by atoms with Gasteiger partial charge in [0.2, 0.25) is 10.5 Å². The molecule has 84 valence electrons. The summed E-state index contributed by atoms with van der Waals surface area (Å²) in [4.78, 5) is 0. The molecule has 0 bridgehead atoms. The maximum Gasteiger partial charge on any atom is 0.204 e. The van der Waals surface area contributed by atoms with E-state index in [9.17, 15) is 0 Å². The van der Waals surface area contributed by atoms with Crippen LogP contribution in [0.3, 0.4) is 0 Å². The molecule has 0 aliphatic rings. The standard InChI is InChI=1S/C13H22OSi/c1-8-7-9(2)12(14-15)11(10(8)3)13(4,5)6/h7H,1-6,15H3. The van der Waals surface area contributed by atoms with Crippen LogP contribution < -0.4 is 4.43 Å². The lowest BCUT2D eigenvalue weighted by Crippen LogP contribution is -2.16. The van der Waals surface area contributed by atoms with Crippen molar-refractivity contribution in [2.75, 3.05) is 0 Å². The van der Waals surface area contributed by atoms with Gasteiger partial charge in [-0.2, -0.15) is 0 Å². The summed E-state index contributed by atoms with van der Waals surface area (Å²) in [6.45, 7) is 13.2. The molecule has 0 spiro atoms. The molecule has 0 unspecified atom stereocenters. The Bertz CT molecular complexity index is 375. The first kappa shape index (κ1) is 12.3. The lowest BCUT2D eigenvalue weighted by atomic mass is 9.81. The van der Waals surface area contributed by atoms with Gasteiger partial charge in [0.05, 0.1) is 0 Å². The van der Waals surface area contributed by atoms with Gasteiger partial charge in [0, 0.05) is 5.56 Å². The van der Waals surface area contributed by atoms with E-state index in [2.05, 4.69) is 47.6 Å². The molecule has 1 rings (SSSR count). The normalized spacial score (nSPS) is 11.9. The van der Waals surface area contributed by atoms with Crippen molar-refractivity contribution in [2.24, 2.45) is 0 Å². The predicted octanol–water partition coefficient (Wildman–Crippen LogP) is 2.57. The van der Waals surface area contributed by atoms with E-state index in [1.807, 2.05) is 0 Å². The zero-order valence-electron chi connectivity index (χ0n) is 11.0. The summed E-state index contributed by atoms with van der Waals surface area (Å²) in [6.07, 6.45) is 0. The van der Waals surface area contributed by atoms with Gasteiger partial charge in [-0.1, -0.05) is 26.8 Å². The van der Waals surface area contributed by atoms with Crippen molar-refractivity contribution in [3.05, 3.63) is 28.3 Å². The highest BCUT2D eigenvalue weighted by Gasteiger charge is 2.23. The molecule has 1 nitrogen and oxygen atoms in total. The molecule has 0 aromatic heterocycles. The van der Waals surface area contributed by atoms with Gasteiger partial charge in [-0.3, -0.25) is 0 Å². The number of hydrogen-bond acceptors (Lipinski definition) is 1. The van der Waals surface area contributed by atoms with E-state index in [1.165, 1.54) is 22.3 Å². The first-order valence-electron chi connectivity index (χ1n) is 5.44. The van der Waals surface area contributed by atoms with Gasteiger partial charge in [0.25, 0.3) is 0 Å². The average molecular weight is 222 g/mol. The van der Waals surface area contributed by atoms with Crippen LogP contribution in [0.1, 0.15) is 43.0 Å². The Morgan fingerprint density at radius 2 is 1.60 bits per heavy atom. The SMILES string of the molecule is Cc1cc(C)c(O[SiH3])c(C(C)(C)C)c1C. The van der Waals surface area contributed by atoms with Gasteiger partial charge in [-0.15, -0.1) is 0 Å². The van der Waals surface area contributed by atoms with E-state index in [1.54, 1.807) is 0 Å². The Kier molecular flexibility index (Phi) is 3.29. The monoisotopic (exact) mass is 222 g/mol. The molecule has 0 aliphatic carbocycles. The molecule has 15 heavy (non-hydrogen) atoms. The first-order valence-corrected chi connectivity index (χ1v) is 6.26. The molecule has 0 saturated carbocycles. The molecule has 0 radical (unpaired) electrons. The Hall–Kier alpha value is -0.763. The van der Waals surface area contributed by atoms with Crippen molar-refractivity contribution in [1.82, 2.24) is 0 Å². The topological polar surface area (TPSA) is 9.23 Å². The average Bonchev–Trinajstić information content (AvgIpc) is 2.08. The molecule has 2 heteroatoms. The number of hydrogen-bond donors (Lipinski definition) is 0. The van der Waals surface area contributed by atoms with Crippen LogP contribution in [-0.2, 0) is 5.41 Å². The largest absolute Gasteiger partial charge is 0.553 e. The summed E-state index contributed by atoms with van der Waals surface area (Å²) in [7, 11) is 0.753. The van der Waals surface area contributed by atoms with Gasteiger partial charge in [0.15, 0.2) is 0 Å². The third-order valence-electron chi connectivity index (χ3n) is 2.94. The van der Waals surface area contributed by atoms with Crippen molar-refractivity contribution in [3.63, 3.8) is 0 Å². The van der Waals surface area contributed by atoms with Crippen LogP contribution in [-0.4, -0.2) is 10.5 Å². The maximum absolute atomic E-state index is 5.68. The number of rotatable bonds is 1. The third-order valence-corrected chi connectivity index (χ3v) is 3.35. The van der Waals surface area contributed by atoms with Crippen molar-refractivity contribution in [2.45, 2.75) is 47.0 Å². The van der Waals surface area contributed by atoms with Crippen LogP contribution in [0.5, 0.6) is 5.75 Å². The van der Waals surface area contributed by atoms with E-state index < -0.39 is 0 Å². The lowest BCUT2D eigenvalue weighted by molar-refractivity contribution is 0.528. The second kappa shape index (κ2) is 4.01. The van der Waals surface area contributed by atoms with Crippen LogP contribution in [0.15, 0.2) is 6.07 Å². The number of aryl methyl sites for hydroxylation is 2. The van der Waals surface area contributed by atoms with Crippen LogP contribution in [0.2, 0.25) is 0 Å². The molecule has 0 N–H and O–H groups in total. The molecule has 0 aliphatic heterocycles. The fraction of sp³-hybridized carbons (Fsp3) is 0.538. The quantitative estimate of drug-likeness (QED) is 0.664. The highest BCUT2D eigenvalue weighted by Crippen LogP contribution is 2.37. The zero-order valence-corrected chi connectivity index (χ0v) is 13.0. The molecule has 0 heterocycles. The molecule has 1 aromatic carbocycles. The summed E-state index contributed by atoms with van der Waals surface area (Å²) in [6, 6.07) is 2.22. The van der Waals surface area contributed by atoms with E-state index in [-0.39, 0.29) is 5.41 Å². The Morgan fingerprint density at radius 3 is 2.00 bits per heavy atom. The Morgan fingerprint density at radius 1 is 1.07 bits per heavy atom. The van der Waals surface area contributed by atoms with Crippen LogP contribution in [0.4, 0.5) is 0 Å². The maximum atomic E-state index is 5.68. The fourth-order valence-corrected chi connectivity index (χ4v) is 2.76. The van der Waals surface area contributed by atoms with Gasteiger partial charge in [-0.05, 0) is 42.9 Å². The minimum atomic E-state index is 0.153. The second-order valence-electron chi connectivity index (χ2n) is 5.29. The lowest BCUT2D eigenvalue weighted by Gasteiger charge is -2.27. The molecule has 0 saturated heterocycles. The van der Waals surface area contributed by atoms with Crippen molar-refractivity contribution >= 4 is 10.5 Å². The fourth-order valence-electron chi connectivity index (χ4n) is 2.23. The summed E-state index contributed by atoms with van der Waals surface area (Å²) < 4.78 is 5.68. The summed E-state index contributed by atoms with van der Waals surface area (Å²) >= 11 is 0. The highest BCUT2D eigenvalue weighted by molar-refractivity contribution is 6.00. The van der Waals surface area contributed by atoms with Crippen molar-refractivity contribution in [3.8, 4) is 5.75 Å². The minimum Gasteiger partial charge on any atom is -0.553 e. The first-order chi connectivity index (χ1) is 6.79. The third kappa shape index (κ3) is 2.25. The second-order valence-corrected chi connectivity index (χ2v) is 5.70. The van der Waals surface area contributed by atoms with Gasteiger partial charge in [0.1, 0.15) is 5.75 Å². The van der Waals surface area contributed by atoms with E-state index in [4.69, 9.17) is 4.43 Å². The van der Waals surface area contributed by atoms with Gasteiger partial charge in [-0.25, -0.2) is 0 Å². The Balaban J connectivity index is 3.59. The molecular weight excluding hydrogens is 200 g/mol. The molecule has 1 aromatic rings. The van der Waals surface area contributed by atoms with Crippen LogP contribution >= 0.6 is 0 Å². The summed E-state index contributed by atoms with van der Waals surface area (Å²) in [5.74, 6) is 1.11. The minimum absolute atomic E-state index is 0.153. The smallest absolute Gasteiger partial charge is 0.204 e. The summed E-state index contributed by atoms with van der Waals surface area (Å²) in [5, 5.41) is 0. The predicted molar refractivity (Wildman–Crippen MR) is 69.9 cm³/mol. The van der Waals surface area contributed by atoms with Crippen molar-refractivity contribution in [1.29, 1.82) is 0 Å². The van der Waals surface area contributed by atoms with Crippen molar-refractivity contribution < 1.29 is 4.43 Å². The van der Waals surface area contributed by atoms with E-state index >= 15 is 0 Å². The van der Waals surface area contributed by atoms with E-state index in [0.29, 0.717) is 0 Å². The molecule has 0 atom stereocenters. The Labute approximate surface area is 96.4 Å². The number of benzene rings is 1. The van der Waals surface area contributed by atoms with Crippen LogP contribution in [0, 0.1) is 20.8 Å². The zero-order chi connectivity index (χ0) is 11.8. The summed E-state index contributed by atoms with van der Waals surface area (Å²) in [5.41, 5.74) is 5.52.